The third-order valence-corrected chi connectivity index (χ3v) is 3.21. The molecule has 0 aromatic heterocycles. The van der Waals surface area contributed by atoms with E-state index in [0.29, 0.717) is 0 Å². The maximum Gasteiger partial charge on any atom is 0.0466 e. The van der Waals surface area contributed by atoms with Crippen molar-refractivity contribution >= 4 is 0 Å². The second-order valence-corrected chi connectivity index (χ2v) is 4.55. The highest BCUT2D eigenvalue weighted by molar-refractivity contribution is 4.70. The number of hydrogen-bond acceptors (Lipinski definition) is 2. The Morgan fingerprint density at radius 2 is 1.80 bits per heavy atom. The van der Waals surface area contributed by atoms with Gasteiger partial charge in [-0.2, -0.15) is 0 Å². The van der Waals surface area contributed by atoms with E-state index in [4.69, 9.17) is 4.74 Å². The lowest BCUT2D eigenvalue weighted by molar-refractivity contribution is 0.143. The SMILES string of the molecule is CCOCCCCNC1CCCCCC1. The highest BCUT2D eigenvalue weighted by atomic mass is 16.5. The Bertz CT molecular complexity index is 130. The molecule has 2 heteroatoms. The van der Waals surface area contributed by atoms with Gasteiger partial charge in [-0.3, -0.25) is 0 Å². The van der Waals surface area contributed by atoms with Crippen LogP contribution >= 0.6 is 0 Å². The van der Waals surface area contributed by atoms with Crippen LogP contribution in [0.5, 0.6) is 0 Å². The summed E-state index contributed by atoms with van der Waals surface area (Å²) in [5.74, 6) is 0. The van der Waals surface area contributed by atoms with E-state index in [1.807, 2.05) is 0 Å². The highest BCUT2D eigenvalue weighted by Crippen LogP contribution is 2.17. The number of hydrogen-bond donors (Lipinski definition) is 1. The van der Waals surface area contributed by atoms with Crippen LogP contribution in [0.15, 0.2) is 0 Å². The first kappa shape index (κ1) is 13.0. The third-order valence-electron chi connectivity index (χ3n) is 3.21. The summed E-state index contributed by atoms with van der Waals surface area (Å²) in [6, 6.07) is 0.805. The molecular formula is C13H27NO. The van der Waals surface area contributed by atoms with E-state index >= 15 is 0 Å². The number of rotatable bonds is 7. The van der Waals surface area contributed by atoms with Crippen LogP contribution in [0.3, 0.4) is 0 Å². The maximum atomic E-state index is 5.32. The summed E-state index contributed by atoms with van der Waals surface area (Å²) >= 11 is 0. The van der Waals surface area contributed by atoms with Gasteiger partial charge in [0, 0.05) is 19.3 Å². The Hall–Kier alpha value is -0.0800. The van der Waals surface area contributed by atoms with Crippen LogP contribution in [0.25, 0.3) is 0 Å². The molecule has 0 saturated heterocycles. The number of unbranched alkanes of at least 4 members (excludes halogenated alkanes) is 1. The molecule has 0 atom stereocenters. The van der Waals surface area contributed by atoms with Crippen molar-refractivity contribution in [2.24, 2.45) is 0 Å². The zero-order valence-electron chi connectivity index (χ0n) is 10.3. The zero-order chi connectivity index (χ0) is 10.8. The monoisotopic (exact) mass is 213 g/mol. The van der Waals surface area contributed by atoms with Crippen LogP contribution in [0.4, 0.5) is 0 Å². The topological polar surface area (TPSA) is 21.3 Å². The molecule has 15 heavy (non-hydrogen) atoms. The predicted molar refractivity (Wildman–Crippen MR) is 65.2 cm³/mol. The van der Waals surface area contributed by atoms with Crippen LogP contribution in [-0.4, -0.2) is 25.8 Å². The lowest BCUT2D eigenvalue weighted by atomic mass is 10.1. The van der Waals surface area contributed by atoms with Crippen molar-refractivity contribution in [3.05, 3.63) is 0 Å². The van der Waals surface area contributed by atoms with E-state index in [9.17, 15) is 0 Å². The molecule has 0 aliphatic heterocycles. The summed E-state index contributed by atoms with van der Waals surface area (Å²) in [5, 5.41) is 3.68. The summed E-state index contributed by atoms with van der Waals surface area (Å²) in [4.78, 5) is 0. The first-order valence-electron chi connectivity index (χ1n) is 6.74. The van der Waals surface area contributed by atoms with Gasteiger partial charge in [-0.25, -0.2) is 0 Å². The summed E-state index contributed by atoms with van der Waals surface area (Å²) < 4.78 is 5.32. The lowest BCUT2D eigenvalue weighted by Gasteiger charge is -2.15. The van der Waals surface area contributed by atoms with Gasteiger partial charge in [-0.05, 0) is 39.2 Å². The van der Waals surface area contributed by atoms with Crippen LogP contribution in [-0.2, 0) is 4.74 Å². The van der Waals surface area contributed by atoms with E-state index in [1.165, 1.54) is 57.9 Å². The Morgan fingerprint density at radius 3 is 2.47 bits per heavy atom. The van der Waals surface area contributed by atoms with E-state index < -0.39 is 0 Å². The summed E-state index contributed by atoms with van der Waals surface area (Å²) in [6.45, 7) is 5.03. The second kappa shape index (κ2) is 9.17. The fraction of sp³-hybridized carbons (Fsp3) is 1.00. The first-order valence-corrected chi connectivity index (χ1v) is 6.74. The van der Waals surface area contributed by atoms with Gasteiger partial charge < -0.3 is 10.1 Å². The molecule has 1 saturated carbocycles. The van der Waals surface area contributed by atoms with Crippen molar-refractivity contribution < 1.29 is 4.74 Å². The quantitative estimate of drug-likeness (QED) is 0.518. The van der Waals surface area contributed by atoms with Gasteiger partial charge in [-0.15, -0.1) is 0 Å². The second-order valence-electron chi connectivity index (χ2n) is 4.55. The highest BCUT2D eigenvalue weighted by Gasteiger charge is 2.10. The van der Waals surface area contributed by atoms with Crippen LogP contribution in [0.1, 0.15) is 58.3 Å². The van der Waals surface area contributed by atoms with Crippen molar-refractivity contribution in [2.75, 3.05) is 19.8 Å². The standard InChI is InChI=1S/C13H27NO/c1-2-15-12-8-7-11-14-13-9-5-3-4-6-10-13/h13-14H,2-12H2,1H3. The smallest absolute Gasteiger partial charge is 0.0466 e. The molecule has 0 unspecified atom stereocenters. The fourth-order valence-electron chi connectivity index (χ4n) is 2.26. The molecule has 0 heterocycles. The first-order chi connectivity index (χ1) is 7.43. The van der Waals surface area contributed by atoms with Crippen molar-refractivity contribution in [3.8, 4) is 0 Å². The lowest BCUT2D eigenvalue weighted by Crippen LogP contribution is -2.29. The van der Waals surface area contributed by atoms with Crippen molar-refractivity contribution in [1.29, 1.82) is 0 Å². The van der Waals surface area contributed by atoms with Crippen LogP contribution < -0.4 is 5.32 Å². The molecule has 0 radical (unpaired) electrons. The molecule has 1 rings (SSSR count). The third kappa shape index (κ3) is 6.91. The summed E-state index contributed by atoms with van der Waals surface area (Å²) in [6.07, 6.45) is 11.0. The van der Waals surface area contributed by atoms with E-state index in [1.54, 1.807) is 0 Å². The molecule has 1 aliphatic carbocycles. The minimum Gasteiger partial charge on any atom is -0.382 e. The van der Waals surface area contributed by atoms with Gasteiger partial charge in [0.15, 0.2) is 0 Å². The van der Waals surface area contributed by atoms with E-state index in [2.05, 4.69) is 12.2 Å². The molecular weight excluding hydrogens is 186 g/mol. The number of nitrogens with one attached hydrogen (secondary N) is 1. The predicted octanol–water partition coefficient (Wildman–Crippen LogP) is 3.12. The minimum atomic E-state index is 0.805. The largest absolute Gasteiger partial charge is 0.382 e. The van der Waals surface area contributed by atoms with Gasteiger partial charge >= 0.3 is 0 Å². The van der Waals surface area contributed by atoms with Gasteiger partial charge in [-0.1, -0.05) is 25.7 Å². The Balaban J connectivity index is 1.89. The molecule has 1 N–H and O–H groups in total. The average Bonchev–Trinajstić information content (AvgIpc) is 2.52. The van der Waals surface area contributed by atoms with Gasteiger partial charge in [0.2, 0.25) is 0 Å². The van der Waals surface area contributed by atoms with Crippen molar-refractivity contribution in [1.82, 2.24) is 5.32 Å². The Labute approximate surface area is 94.8 Å². The Kier molecular flexibility index (Phi) is 7.94. The fourth-order valence-corrected chi connectivity index (χ4v) is 2.26. The van der Waals surface area contributed by atoms with Crippen LogP contribution in [0, 0.1) is 0 Å². The van der Waals surface area contributed by atoms with Gasteiger partial charge in [0.05, 0.1) is 0 Å². The number of ether oxygens (including phenoxy) is 1. The van der Waals surface area contributed by atoms with Gasteiger partial charge in [0.25, 0.3) is 0 Å². The van der Waals surface area contributed by atoms with E-state index in [-0.39, 0.29) is 0 Å². The molecule has 0 aromatic rings. The van der Waals surface area contributed by atoms with Crippen molar-refractivity contribution in [3.63, 3.8) is 0 Å². The van der Waals surface area contributed by atoms with Crippen LogP contribution in [0.2, 0.25) is 0 Å². The average molecular weight is 213 g/mol. The molecule has 2 nitrogen and oxygen atoms in total. The summed E-state index contributed by atoms with van der Waals surface area (Å²) in [5.41, 5.74) is 0. The van der Waals surface area contributed by atoms with E-state index in [0.717, 1.165) is 19.3 Å². The molecule has 0 spiro atoms. The Morgan fingerprint density at radius 1 is 1.07 bits per heavy atom. The van der Waals surface area contributed by atoms with Gasteiger partial charge in [0.1, 0.15) is 0 Å². The molecule has 0 amide bonds. The maximum absolute atomic E-state index is 5.32. The molecule has 90 valence electrons. The molecule has 1 fully saturated rings. The summed E-state index contributed by atoms with van der Waals surface area (Å²) in [7, 11) is 0. The minimum absolute atomic E-state index is 0.805. The normalized spacial score (nSPS) is 19.0. The zero-order valence-corrected chi connectivity index (χ0v) is 10.3. The van der Waals surface area contributed by atoms with Crippen molar-refractivity contribution in [2.45, 2.75) is 64.3 Å². The molecule has 0 bridgehead atoms. The molecule has 0 aromatic carbocycles. The molecule has 1 aliphatic rings.